The van der Waals surface area contributed by atoms with E-state index in [4.69, 9.17) is 5.73 Å². The fourth-order valence-electron chi connectivity index (χ4n) is 1.23. The summed E-state index contributed by atoms with van der Waals surface area (Å²) in [5, 5.41) is 0. The molecule has 1 heterocycles. The highest BCUT2D eigenvalue weighted by atomic mass is 15.0. The zero-order valence-corrected chi connectivity index (χ0v) is 7.25. The third-order valence-electron chi connectivity index (χ3n) is 2.14. The molecule has 0 bridgehead atoms. The van der Waals surface area contributed by atoms with Crippen LogP contribution in [0.25, 0.3) is 0 Å². The summed E-state index contributed by atoms with van der Waals surface area (Å²) < 4.78 is 2.24. The molecule has 0 unspecified atom stereocenters. The highest BCUT2D eigenvalue weighted by molar-refractivity contribution is 5.07. The minimum Gasteiger partial charge on any atom is -0.347 e. The standard InChI is InChI=1S/C9H16N2/c1-3-8(2)11-6-4-5-9(11)7-10/h4-6,8H,3,7,10H2,1-2H3/t8-/m1/s1. The van der Waals surface area contributed by atoms with Crippen LogP contribution in [0.2, 0.25) is 0 Å². The Hall–Kier alpha value is -0.760. The molecule has 1 atom stereocenters. The van der Waals surface area contributed by atoms with Crippen molar-refractivity contribution in [2.24, 2.45) is 5.73 Å². The van der Waals surface area contributed by atoms with Crippen molar-refractivity contribution in [2.45, 2.75) is 32.9 Å². The Balaban J connectivity index is 2.83. The van der Waals surface area contributed by atoms with E-state index < -0.39 is 0 Å². The lowest BCUT2D eigenvalue weighted by molar-refractivity contribution is 0.515. The highest BCUT2D eigenvalue weighted by Gasteiger charge is 2.03. The number of aromatic nitrogens is 1. The molecule has 0 aliphatic rings. The summed E-state index contributed by atoms with van der Waals surface area (Å²) in [5.74, 6) is 0. The van der Waals surface area contributed by atoms with Crippen LogP contribution in [-0.4, -0.2) is 4.57 Å². The van der Waals surface area contributed by atoms with Crippen LogP contribution in [0, 0.1) is 0 Å². The topological polar surface area (TPSA) is 30.9 Å². The monoisotopic (exact) mass is 152 g/mol. The van der Waals surface area contributed by atoms with E-state index in [0.717, 1.165) is 6.42 Å². The van der Waals surface area contributed by atoms with E-state index in [1.165, 1.54) is 5.69 Å². The van der Waals surface area contributed by atoms with Gasteiger partial charge in [-0.3, -0.25) is 0 Å². The minimum absolute atomic E-state index is 0.573. The van der Waals surface area contributed by atoms with E-state index in [0.29, 0.717) is 12.6 Å². The average Bonchev–Trinajstić information content (AvgIpc) is 2.50. The molecule has 0 saturated heterocycles. The summed E-state index contributed by atoms with van der Waals surface area (Å²) in [7, 11) is 0. The van der Waals surface area contributed by atoms with Crippen molar-refractivity contribution in [3.8, 4) is 0 Å². The third-order valence-corrected chi connectivity index (χ3v) is 2.14. The summed E-state index contributed by atoms with van der Waals surface area (Å²) in [5.41, 5.74) is 6.79. The summed E-state index contributed by atoms with van der Waals surface area (Å²) in [6.45, 7) is 5.03. The Kier molecular flexibility index (Phi) is 2.71. The molecule has 1 rings (SSSR count). The van der Waals surface area contributed by atoms with Crippen LogP contribution in [0.15, 0.2) is 18.3 Å². The maximum atomic E-state index is 5.57. The van der Waals surface area contributed by atoms with Gasteiger partial charge in [0.1, 0.15) is 0 Å². The van der Waals surface area contributed by atoms with Gasteiger partial charge < -0.3 is 10.3 Å². The van der Waals surface area contributed by atoms with Gasteiger partial charge in [0, 0.05) is 24.5 Å². The Morgan fingerprint density at radius 3 is 2.91 bits per heavy atom. The summed E-state index contributed by atoms with van der Waals surface area (Å²) in [4.78, 5) is 0. The molecule has 0 amide bonds. The van der Waals surface area contributed by atoms with E-state index in [9.17, 15) is 0 Å². The second kappa shape index (κ2) is 3.58. The van der Waals surface area contributed by atoms with E-state index >= 15 is 0 Å². The van der Waals surface area contributed by atoms with Crippen molar-refractivity contribution >= 4 is 0 Å². The number of hydrogen-bond donors (Lipinski definition) is 1. The normalized spacial score (nSPS) is 13.4. The molecule has 0 radical (unpaired) electrons. The van der Waals surface area contributed by atoms with Crippen LogP contribution in [0.4, 0.5) is 0 Å². The lowest BCUT2D eigenvalue weighted by atomic mass is 10.2. The van der Waals surface area contributed by atoms with Crippen molar-refractivity contribution in [2.75, 3.05) is 0 Å². The van der Waals surface area contributed by atoms with Crippen LogP contribution >= 0.6 is 0 Å². The maximum absolute atomic E-state index is 5.57. The van der Waals surface area contributed by atoms with Crippen molar-refractivity contribution in [3.05, 3.63) is 24.0 Å². The first kappa shape index (κ1) is 8.34. The van der Waals surface area contributed by atoms with Gasteiger partial charge in [-0.1, -0.05) is 6.92 Å². The van der Waals surface area contributed by atoms with E-state index in [2.05, 4.69) is 30.7 Å². The van der Waals surface area contributed by atoms with Crippen LogP contribution in [0.5, 0.6) is 0 Å². The summed E-state index contributed by atoms with van der Waals surface area (Å²) in [6.07, 6.45) is 3.25. The maximum Gasteiger partial charge on any atom is 0.0334 e. The summed E-state index contributed by atoms with van der Waals surface area (Å²) >= 11 is 0. The van der Waals surface area contributed by atoms with Crippen LogP contribution < -0.4 is 5.73 Å². The molecule has 0 fully saturated rings. The van der Waals surface area contributed by atoms with Gasteiger partial charge in [0.25, 0.3) is 0 Å². The smallest absolute Gasteiger partial charge is 0.0334 e. The number of rotatable bonds is 3. The molecule has 0 spiro atoms. The van der Waals surface area contributed by atoms with Gasteiger partial charge in [0.05, 0.1) is 0 Å². The first-order chi connectivity index (χ1) is 5.29. The number of hydrogen-bond acceptors (Lipinski definition) is 1. The largest absolute Gasteiger partial charge is 0.347 e. The second-order valence-corrected chi connectivity index (χ2v) is 2.87. The number of nitrogens with two attached hydrogens (primary N) is 1. The average molecular weight is 152 g/mol. The molecular formula is C9H16N2. The molecule has 0 saturated carbocycles. The molecular weight excluding hydrogens is 136 g/mol. The minimum atomic E-state index is 0.573. The van der Waals surface area contributed by atoms with Crippen LogP contribution in [0.3, 0.4) is 0 Å². The van der Waals surface area contributed by atoms with Gasteiger partial charge in [0.15, 0.2) is 0 Å². The van der Waals surface area contributed by atoms with Crippen molar-refractivity contribution in [3.63, 3.8) is 0 Å². The molecule has 2 heteroatoms. The lowest BCUT2D eigenvalue weighted by Gasteiger charge is -2.14. The molecule has 2 nitrogen and oxygen atoms in total. The second-order valence-electron chi connectivity index (χ2n) is 2.87. The van der Waals surface area contributed by atoms with Gasteiger partial charge in [-0.2, -0.15) is 0 Å². The SMILES string of the molecule is CC[C@@H](C)n1cccc1CN. The molecule has 0 aliphatic heterocycles. The first-order valence-corrected chi connectivity index (χ1v) is 4.15. The Labute approximate surface area is 68.0 Å². The first-order valence-electron chi connectivity index (χ1n) is 4.15. The van der Waals surface area contributed by atoms with E-state index in [1.54, 1.807) is 0 Å². The Morgan fingerprint density at radius 1 is 1.64 bits per heavy atom. The van der Waals surface area contributed by atoms with E-state index in [-0.39, 0.29) is 0 Å². The molecule has 0 aliphatic carbocycles. The predicted molar refractivity (Wildman–Crippen MR) is 47.3 cm³/mol. The molecule has 1 aromatic rings. The van der Waals surface area contributed by atoms with Crippen molar-refractivity contribution in [1.82, 2.24) is 4.57 Å². The molecule has 2 N–H and O–H groups in total. The van der Waals surface area contributed by atoms with Gasteiger partial charge in [-0.15, -0.1) is 0 Å². The summed E-state index contributed by atoms with van der Waals surface area (Å²) in [6, 6.07) is 4.70. The lowest BCUT2D eigenvalue weighted by Crippen LogP contribution is -2.09. The molecule has 1 aromatic heterocycles. The zero-order chi connectivity index (χ0) is 8.27. The zero-order valence-electron chi connectivity index (χ0n) is 7.25. The fraction of sp³-hybridized carbons (Fsp3) is 0.556. The van der Waals surface area contributed by atoms with Crippen molar-refractivity contribution in [1.29, 1.82) is 0 Å². The van der Waals surface area contributed by atoms with E-state index in [1.807, 2.05) is 6.07 Å². The van der Waals surface area contributed by atoms with Gasteiger partial charge >= 0.3 is 0 Å². The van der Waals surface area contributed by atoms with Crippen LogP contribution in [-0.2, 0) is 6.54 Å². The van der Waals surface area contributed by atoms with Crippen molar-refractivity contribution < 1.29 is 0 Å². The highest BCUT2D eigenvalue weighted by Crippen LogP contribution is 2.13. The third kappa shape index (κ3) is 1.63. The Bertz CT molecular complexity index is 215. The number of nitrogens with zero attached hydrogens (tertiary/aromatic N) is 1. The van der Waals surface area contributed by atoms with Gasteiger partial charge in [-0.25, -0.2) is 0 Å². The Morgan fingerprint density at radius 2 is 2.36 bits per heavy atom. The van der Waals surface area contributed by atoms with Gasteiger partial charge in [-0.05, 0) is 25.5 Å². The van der Waals surface area contributed by atoms with Gasteiger partial charge in [0.2, 0.25) is 0 Å². The fourth-order valence-corrected chi connectivity index (χ4v) is 1.23. The molecule has 11 heavy (non-hydrogen) atoms. The molecule has 62 valence electrons. The quantitative estimate of drug-likeness (QED) is 0.704. The predicted octanol–water partition coefficient (Wildman–Crippen LogP) is 1.92. The molecule has 0 aromatic carbocycles. The van der Waals surface area contributed by atoms with Crippen LogP contribution in [0.1, 0.15) is 32.0 Å².